The molecule has 0 atom stereocenters. The van der Waals surface area contributed by atoms with E-state index in [0.29, 0.717) is 23.7 Å². The van der Waals surface area contributed by atoms with Crippen molar-refractivity contribution in [3.05, 3.63) is 23.3 Å². The molecule has 4 nitrogen and oxygen atoms in total. The molecule has 0 radical (unpaired) electrons. The van der Waals surface area contributed by atoms with Crippen molar-refractivity contribution in [2.45, 2.75) is 39.0 Å². The van der Waals surface area contributed by atoms with Crippen LogP contribution in [0.3, 0.4) is 0 Å². The number of esters is 1. The SMILES string of the molecule is CCOC(=O)c1cnc(C(C)(C)C)nc1CCl. The van der Waals surface area contributed by atoms with Gasteiger partial charge in [0.15, 0.2) is 0 Å². The number of aromatic nitrogens is 2. The number of hydrogen-bond donors (Lipinski definition) is 0. The quantitative estimate of drug-likeness (QED) is 0.616. The van der Waals surface area contributed by atoms with Crippen molar-refractivity contribution in [1.29, 1.82) is 0 Å². The summed E-state index contributed by atoms with van der Waals surface area (Å²) >= 11 is 5.80. The third-order valence-corrected chi connectivity index (χ3v) is 2.41. The summed E-state index contributed by atoms with van der Waals surface area (Å²) in [7, 11) is 0. The third kappa shape index (κ3) is 3.40. The molecule has 0 bridgehead atoms. The lowest BCUT2D eigenvalue weighted by atomic mass is 9.95. The van der Waals surface area contributed by atoms with Gasteiger partial charge >= 0.3 is 5.97 Å². The molecule has 1 aromatic rings. The van der Waals surface area contributed by atoms with E-state index in [-0.39, 0.29) is 11.3 Å². The van der Waals surface area contributed by atoms with Crippen LogP contribution in [0.4, 0.5) is 0 Å². The zero-order valence-electron chi connectivity index (χ0n) is 10.6. The van der Waals surface area contributed by atoms with Crippen LogP contribution >= 0.6 is 11.6 Å². The number of hydrogen-bond acceptors (Lipinski definition) is 4. The first-order chi connectivity index (χ1) is 7.90. The van der Waals surface area contributed by atoms with Crippen LogP contribution < -0.4 is 0 Å². The lowest BCUT2D eigenvalue weighted by Gasteiger charge is -2.17. The molecule has 0 aliphatic rings. The number of carbonyl (C=O) groups is 1. The van der Waals surface area contributed by atoms with E-state index in [2.05, 4.69) is 9.97 Å². The third-order valence-electron chi connectivity index (χ3n) is 2.16. The lowest BCUT2D eigenvalue weighted by Crippen LogP contribution is -2.19. The largest absolute Gasteiger partial charge is 0.462 e. The zero-order chi connectivity index (χ0) is 13.1. The van der Waals surface area contributed by atoms with Gasteiger partial charge in [0.25, 0.3) is 0 Å². The first kappa shape index (κ1) is 13.9. The van der Waals surface area contributed by atoms with Gasteiger partial charge in [-0.2, -0.15) is 0 Å². The molecule has 0 amide bonds. The Morgan fingerprint density at radius 3 is 2.59 bits per heavy atom. The number of ether oxygens (including phenoxy) is 1. The van der Waals surface area contributed by atoms with Crippen molar-refractivity contribution < 1.29 is 9.53 Å². The van der Waals surface area contributed by atoms with Gasteiger partial charge in [0.1, 0.15) is 11.4 Å². The van der Waals surface area contributed by atoms with Crippen LogP contribution in [0.25, 0.3) is 0 Å². The summed E-state index contributed by atoms with van der Waals surface area (Å²) in [6.45, 7) is 8.09. The fourth-order valence-corrected chi connectivity index (χ4v) is 1.46. The molecule has 0 saturated heterocycles. The predicted molar refractivity (Wildman–Crippen MR) is 66.2 cm³/mol. The molecule has 0 aliphatic heterocycles. The van der Waals surface area contributed by atoms with Crippen molar-refractivity contribution in [2.24, 2.45) is 0 Å². The van der Waals surface area contributed by atoms with Crippen LogP contribution in [-0.2, 0) is 16.0 Å². The Hall–Kier alpha value is -1.16. The lowest BCUT2D eigenvalue weighted by molar-refractivity contribution is 0.0524. The summed E-state index contributed by atoms with van der Waals surface area (Å²) in [5.41, 5.74) is 0.688. The predicted octanol–water partition coefficient (Wildman–Crippen LogP) is 2.69. The van der Waals surface area contributed by atoms with Gasteiger partial charge in [0, 0.05) is 11.6 Å². The van der Waals surface area contributed by atoms with Gasteiger partial charge in [0.2, 0.25) is 0 Å². The van der Waals surface area contributed by atoms with Gasteiger partial charge in [-0.1, -0.05) is 20.8 Å². The molecular weight excluding hydrogens is 240 g/mol. The van der Waals surface area contributed by atoms with Gasteiger partial charge in [-0.05, 0) is 6.92 Å². The fourth-order valence-electron chi connectivity index (χ4n) is 1.26. The molecule has 1 rings (SSSR count). The molecule has 1 aromatic heterocycles. The summed E-state index contributed by atoms with van der Waals surface area (Å²) < 4.78 is 4.92. The maximum atomic E-state index is 11.6. The van der Waals surface area contributed by atoms with Crippen LogP contribution in [0.2, 0.25) is 0 Å². The summed E-state index contributed by atoms with van der Waals surface area (Å²) in [4.78, 5) is 20.1. The Balaban J connectivity index is 3.14. The van der Waals surface area contributed by atoms with Gasteiger partial charge in [0.05, 0.1) is 18.2 Å². The highest BCUT2D eigenvalue weighted by molar-refractivity contribution is 6.17. The molecule has 5 heteroatoms. The molecule has 1 heterocycles. The van der Waals surface area contributed by atoms with Gasteiger partial charge in [-0.3, -0.25) is 0 Å². The minimum Gasteiger partial charge on any atom is -0.462 e. The number of alkyl halides is 1. The molecule has 0 aliphatic carbocycles. The minimum atomic E-state index is -0.427. The second kappa shape index (κ2) is 5.45. The average molecular weight is 257 g/mol. The first-order valence-corrected chi connectivity index (χ1v) is 6.03. The monoisotopic (exact) mass is 256 g/mol. The molecule has 94 valence electrons. The number of halogens is 1. The van der Waals surface area contributed by atoms with Crippen LogP contribution in [0.5, 0.6) is 0 Å². The molecule has 0 saturated carbocycles. The Morgan fingerprint density at radius 2 is 2.12 bits per heavy atom. The molecule has 0 aromatic carbocycles. The van der Waals surface area contributed by atoms with Crippen molar-refractivity contribution in [3.8, 4) is 0 Å². The van der Waals surface area contributed by atoms with E-state index in [1.54, 1.807) is 6.92 Å². The van der Waals surface area contributed by atoms with Crippen LogP contribution in [0.1, 0.15) is 49.6 Å². The second-order valence-electron chi connectivity index (χ2n) is 4.66. The summed E-state index contributed by atoms with van der Waals surface area (Å²) in [5, 5.41) is 0. The van der Waals surface area contributed by atoms with E-state index < -0.39 is 5.97 Å². The topological polar surface area (TPSA) is 52.1 Å². The molecule has 0 unspecified atom stereocenters. The van der Waals surface area contributed by atoms with Crippen molar-refractivity contribution in [1.82, 2.24) is 9.97 Å². The van der Waals surface area contributed by atoms with E-state index in [0.717, 1.165) is 0 Å². The Kier molecular flexibility index (Phi) is 4.46. The Bertz CT molecular complexity index is 413. The fraction of sp³-hybridized carbons (Fsp3) is 0.583. The Labute approximate surface area is 106 Å². The highest BCUT2D eigenvalue weighted by Crippen LogP contribution is 2.20. The van der Waals surface area contributed by atoms with Crippen LogP contribution in [0.15, 0.2) is 6.20 Å². The van der Waals surface area contributed by atoms with E-state index >= 15 is 0 Å². The standard InChI is InChI=1S/C12H17ClN2O2/c1-5-17-10(16)8-7-14-11(12(2,3)4)15-9(8)6-13/h7H,5-6H2,1-4H3. The highest BCUT2D eigenvalue weighted by atomic mass is 35.5. The van der Waals surface area contributed by atoms with E-state index in [4.69, 9.17) is 16.3 Å². The van der Waals surface area contributed by atoms with Crippen molar-refractivity contribution >= 4 is 17.6 Å². The molecular formula is C12H17ClN2O2. The maximum Gasteiger partial charge on any atom is 0.341 e. The second-order valence-corrected chi connectivity index (χ2v) is 4.93. The van der Waals surface area contributed by atoms with E-state index in [9.17, 15) is 4.79 Å². The molecule has 0 N–H and O–H groups in total. The van der Waals surface area contributed by atoms with Crippen LogP contribution in [-0.4, -0.2) is 22.5 Å². The van der Waals surface area contributed by atoms with E-state index in [1.165, 1.54) is 6.20 Å². The van der Waals surface area contributed by atoms with E-state index in [1.807, 2.05) is 20.8 Å². The number of rotatable bonds is 3. The summed E-state index contributed by atoms with van der Waals surface area (Å²) in [5.74, 6) is 0.407. The molecule has 0 spiro atoms. The summed E-state index contributed by atoms with van der Waals surface area (Å²) in [6.07, 6.45) is 1.49. The Morgan fingerprint density at radius 1 is 1.47 bits per heavy atom. The minimum absolute atomic E-state index is 0.166. The molecule has 17 heavy (non-hydrogen) atoms. The first-order valence-electron chi connectivity index (χ1n) is 5.49. The van der Waals surface area contributed by atoms with Gasteiger partial charge < -0.3 is 4.74 Å². The van der Waals surface area contributed by atoms with Gasteiger partial charge in [-0.15, -0.1) is 11.6 Å². The zero-order valence-corrected chi connectivity index (χ0v) is 11.3. The highest BCUT2D eigenvalue weighted by Gasteiger charge is 2.21. The van der Waals surface area contributed by atoms with Gasteiger partial charge in [-0.25, -0.2) is 14.8 Å². The van der Waals surface area contributed by atoms with Crippen molar-refractivity contribution in [2.75, 3.05) is 6.61 Å². The number of nitrogens with zero attached hydrogens (tertiary/aromatic N) is 2. The average Bonchev–Trinajstić information content (AvgIpc) is 2.27. The maximum absolute atomic E-state index is 11.6. The normalized spacial score (nSPS) is 11.4. The molecule has 0 fully saturated rings. The van der Waals surface area contributed by atoms with Crippen LogP contribution in [0, 0.1) is 0 Å². The summed E-state index contributed by atoms with van der Waals surface area (Å²) in [6, 6.07) is 0. The smallest absolute Gasteiger partial charge is 0.341 e. The van der Waals surface area contributed by atoms with Crippen molar-refractivity contribution in [3.63, 3.8) is 0 Å². The number of carbonyl (C=O) groups excluding carboxylic acids is 1.